The zero-order valence-corrected chi connectivity index (χ0v) is 20.1. The van der Waals surface area contributed by atoms with Gasteiger partial charge in [0.1, 0.15) is 11.6 Å². The average molecular weight is 489 g/mol. The number of piperidine rings is 2. The summed E-state index contributed by atoms with van der Waals surface area (Å²) in [5.41, 5.74) is 2.83. The van der Waals surface area contributed by atoms with Gasteiger partial charge >= 0.3 is 0 Å². The highest BCUT2D eigenvalue weighted by molar-refractivity contribution is 6.05. The molecule has 0 saturated carbocycles. The van der Waals surface area contributed by atoms with Crippen LogP contribution in [0.1, 0.15) is 53.0 Å². The Kier molecular flexibility index (Phi) is 5.38. The van der Waals surface area contributed by atoms with E-state index in [9.17, 15) is 19.5 Å². The van der Waals surface area contributed by atoms with Gasteiger partial charge in [-0.3, -0.25) is 34.3 Å². The van der Waals surface area contributed by atoms with Crippen molar-refractivity contribution in [3.8, 4) is 0 Å². The number of amides is 3. The van der Waals surface area contributed by atoms with Crippen molar-refractivity contribution in [2.45, 2.75) is 50.4 Å². The number of pyridine rings is 1. The van der Waals surface area contributed by atoms with Gasteiger partial charge in [0.2, 0.25) is 11.8 Å². The molecule has 6 rings (SSSR count). The number of aromatic nitrogens is 3. The molecular formula is C26H28N6O4. The predicted molar refractivity (Wildman–Crippen MR) is 129 cm³/mol. The smallest absolute Gasteiger partial charge is 0.256 e. The fourth-order valence-corrected chi connectivity index (χ4v) is 5.58. The van der Waals surface area contributed by atoms with Gasteiger partial charge in [0.25, 0.3) is 5.91 Å². The molecule has 0 spiro atoms. The van der Waals surface area contributed by atoms with E-state index in [0.29, 0.717) is 36.2 Å². The Morgan fingerprint density at radius 2 is 1.94 bits per heavy atom. The average Bonchev–Trinajstić information content (AvgIpc) is 3.40. The van der Waals surface area contributed by atoms with Crippen LogP contribution >= 0.6 is 0 Å². The molecule has 3 amide bonds. The van der Waals surface area contributed by atoms with Gasteiger partial charge in [0.15, 0.2) is 0 Å². The highest BCUT2D eigenvalue weighted by Gasteiger charge is 2.41. The molecule has 10 nitrogen and oxygen atoms in total. The predicted octanol–water partition coefficient (Wildman–Crippen LogP) is 1.21. The van der Waals surface area contributed by atoms with Crippen LogP contribution < -0.4 is 5.32 Å². The van der Waals surface area contributed by atoms with Crippen LogP contribution in [-0.4, -0.2) is 66.5 Å². The molecule has 10 heteroatoms. The number of nitrogens with zero attached hydrogens (tertiary/aromatic N) is 5. The molecule has 0 bridgehead atoms. The van der Waals surface area contributed by atoms with Crippen molar-refractivity contribution in [2.75, 3.05) is 13.1 Å². The number of hydrogen-bond donors (Lipinski definition) is 2. The molecule has 5 heterocycles. The molecule has 3 aromatic rings. The van der Waals surface area contributed by atoms with Crippen molar-refractivity contribution >= 4 is 28.6 Å². The number of nitrogens with one attached hydrogen (secondary N) is 1. The number of carbonyl (C=O) groups is 3. The maximum absolute atomic E-state index is 12.9. The monoisotopic (exact) mass is 488 g/mol. The summed E-state index contributed by atoms with van der Waals surface area (Å²) in [5.74, 6) is -1.01. The molecule has 186 valence electrons. The second-order valence-corrected chi connectivity index (χ2v) is 10.1. The summed E-state index contributed by atoms with van der Waals surface area (Å²) in [6, 6.07) is 9.14. The molecule has 2 aromatic heterocycles. The van der Waals surface area contributed by atoms with E-state index >= 15 is 0 Å². The van der Waals surface area contributed by atoms with E-state index in [4.69, 9.17) is 4.98 Å². The van der Waals surface area contributed by atoms with Gasteiger partial charge in [0.05, 0.1) is 35.2 Å². The Labute approximate surface area is 207 Å². The Morgan fingerprint density at radius 3 is 2.72 bits per heavy atom. The number of aryl methyl sites for hydroxylation is 1. The van der Waals surface area contributed by atoms with Gasteiger partial charge in [-0.25, -0.2) is 0 Å². The molecule has 1 atom stereocenters. The third-order valence-corrected chi connectivity index (χ3v) is 7.75. The molecule has 1 unspecified atom stereocenters. The fourth-order valence-electron chi connectivity index (χ4n) is 5.58. The minimum atomic E-state index is -1.07. The first kappa shape index (κ1) is 22.8. The van der Waals surface area contributed by atoms with Gasteiger partial charge in [-0.15, -0.1) is 0 Å². The van der Waals surface area contributed by atoms with Crippen LogP contribution in [-0.2, 0) is 35.3 Å². The zero-order chi connectivity index (χ0) is 25.0. The Morgan fingerprint density at radius 1 is 1.14 bits per heavy atom. The lowest BCUT2D eigenvalue weighted by molar-refractivity contribution is -0.136. The van der Waals surface area contributed by atoms with Crippen molar-refractivity contribution in [3.05, 3.63) is 59.0 Å². The van der Waals surface area contributed by atoms with E-state index < -0.39 is 17.6 Å². The number of aliphatic hydroxyl groups is 1. The lowest BCUT2D eigenvalue weighted by atomic mass is 9.87. The van der Waals surface area contributed by atoms with Crippen molar-refractivity contribution < 1.29 is 19.5 Å². The summed E-state index contributed by atoms with van der Waals surface area (Å²) in [6.07, 6.45) is 3.46. The standard InChI is InChI=1S/C26H28N6O4/c1-30-21-12-16(2-3-17(21)13-27-30)14-31-10-8-26(36,9-11-31)22-6-4-18-19(28-22)15-32(25(18)35)20-5-7-23(33)29-24(20)34/h2-4,6,12-13,20,36H,5,7-11,14-15H2,1H3,(H,29,33,34). The van der Waals surface area contributed by atoms with Gasteiger partial charge < -0.3 is 10.0 Å². The molecule has 2 saturated heterocycles. The van der Waals surface area contributed by atoms with E-state index in [1.807, 2.05) is 17.9 Å². The molecule has 0 radical (unpaired) electrons. The summed E-state index contributed by atoms with van der Waals surface area (Å²) >= 11 is 0. The topological polar surface area (TPSA) is 121 Å². The maximum Gasteiger partial charge on any atom is 0.256 e. The van der Waals surface area contributed by atoms with Crippen LogP contribution in [0.15, 0.2) is 36.5 Å². The summed E-state index contributed by atoms with van der Waals surface area (Å²) in [6.45, 7) is 2.44. The quantitative estimate of drug-likeness (QED) is 0.530. The van der Waals surface area contributed by atoms with E-state index in [0.717, 1.165) is 30.5 Å². The highest BCUT2D eigenvalue weighted by Crippen LogP contribution is 2.35. The lowest BCUT2D eigenvalue weighted by Crippen LogP contribution is -2.52. The third-order valence-electron chi connectivity index (χ3n) is 7.75. The summed E-state index contributed by atoms with van der Waals surface area (Å²) in [4.78, 5) is 45.2. The van der Waals surface area contributed by atoms with Crippen molar-refractivity contribution in [1.82, 2.24) is 29.9 Å². The van der Waals surface area contributed by atoms with Crippen LogP contribution in [0.2, 0.25) is 0 Å². The van der Waals surface area contributed by atoms with Crippen LogP contribution in [0.5, 0.6) is 0 Å². The molecule has 36 heavy (non-hydrogen) atoms. The minimum absolute atomic E-state index is 0.201. The summed E-state index contributed by atoms with van der Waals surface area (Å²) in [7, 11) is 1.94. The number of likely N-dealkylation sites (tertiary alicyclic amines) is 1. The largest absolute Gasteiger partial charge is 0.383 e. The zero-order valence-electron chi connectivity index (χ0n) is 20.1. The Bertz CT molecular complexity index is 1390. The van der Waals surface area contributed by atoms with E-state index in [-0.39, 0.29) is 24.8 Å². The summed E-state index contributed by atoms with van der Waals surface area (Å²) < 4.78 is 1.87. The van der Waals surface area contributed by atoms with E-state index in [1.165, 1.54) is 10.5 Å². The maximum atomic E-state index is 12.9. The lowest BCUT2D eigenvalue weighted by Gasteiger charge is -2.38. The van der Waals surface area contributed by atoms with Gasteiger partial charge in [0, 0.05) is 38.5 Å². The van der Waals surface area contributed by atoms with Crippen molar-refractivity contribution in [1.29, 1.82) is 0 Å². The highest BCUT2D eigenvalue weighted by atomic mass is 16.3. The molecule has 2 fully saturated rings. The fraction of sp³-hybridized carbons (Fsp3) is 0.423. The minimum Gasteiger partial charge on any atom is -0.383 e. The van der Waals surface area contributed by atoms with Gasteiger partial charge in [-0.2, -0.15) is 5.10 Å². The first-order valence-corrected chi connectivity index (χ1v) is 12.3. The first-order valence-electron chi connectivity index (χ1n) is 12.3. The van der Waals surface area contributed by atoms with Crippen LogP contribution in [0.4, 0.5) is 0 Å². The number of hydrogen-bond acceptors (Lipinski definition) is 7. The van der Waals surface area contributed by atoms with Crippen molar-refractivity contribution in [3.63, 3.8) is 0 Å². The second kappa shape index (κ2) is 8.49. The van der Waals surface area contributed by atoms with Crippen LogP contribution in [0.3, 0.4) is 0 Å². The van der Waals surface area contributed by atoms with Gasteiger partial charge in [-0.05, 0) is 43.0 Å². The Balaban J connectivity index is 1.13. The number of rotatable bonds is 4. The molecule has 3 aliphatic heterocycles. The molecule has 3 aliphatic rings. The second-order valence-electron chi connectivity index (χ2n) is 10.1. The van der Waals surface area contributed by atoms with Crippen LogP contribution in [0, 0.1) is 0 Å². The molecule has 0 aliphatic carbocycles. The normalized spacial score (nSPS) is 22.2. The number of carbonyl (C=O) groups excluding carboxylic acids is 3. The summed E-state index contributed by atoms with van der Waals surface area (Å²) in [5, 5.41) is 19.2. The van der Waals surface area contributed by atoms with Crippen molar-refractivity contribution in [2.24, 2.45) is 7.05 Å². The van der Waals surface area contributed by atoms with Crippen LogP contribution in [0.25, 0.3) is 10.9 Å². The number of imide groups is 1. The van der Waals surface area contributed by atoms with Gasteiger partial charge in [-0.1, -0.05) is 12.1 Å². The molecule has 2 N–H and O–H groups in total. The van der Waals surface area contributed by atoms with E-state index in [2.05, 4.69) is 33.5 Å². The first-order chi connectivity index (χ1) is 17.3. The SMILES string of the molecule is Cn1ncc2ccc(CN3CCC(O)(c4ccc5c(n4)CN(C4CCC(=O)NC4=O)C5=O)CC3)cc21. The Hall–Kier alpha value is -3.63. The van der Waals surface area contributed by atoms with E-state index in [1.54, 1.807) is 12.1 Å². The number of benzene rings is 1. The molecular weight excluding hydrogens is 460 g/mol. The molecule has 1 aromatic carbocycles. The number of fused-ring (bicyclic) bond motifs is 2. The third kappa shape index (κ3) is 3.86.